The minimum atomic E-state index is -3.53. The van der Waals surface area contributed by atoms with Gasteiger partial charge in [0.2, 0.25) is 0 Å². The number of aliphatic hydroxyl groups is 1. The van der Waals surface area contributed by atoms with Gasteiger partial charge in [0.05, 0.1) is 11.0 Å². The highest BCUT2D eigenvalue weighted by Crippen LogP contribution is 2.21. The van der Waals surface area contributed by atoms with E-state index in [9.17, 15) is 8.42 Å². The summed E-state index contributed by atoms with van der Waals surface area (Å²) in [5.74, 6) is 0. The Hall–Kier alpha value is -0.580. The van der Waals surface area contributed by atoms with Gasteiger partial charge in [0.25, 0.3) is 0 Å². The first kappa shape index (κ1) is 12.5. The number of aliphatic hydroxyl groups excluding tert-OH is 1. The minimum absolute atomic E-state index is 0.0266. The van der Waals surface area contributed by atoms with Crippen molar-refractivity contribution >= 4 is 21.4 Å². The predicted octanol–water partition coefficient (Wildman–Crippen LogP) is 1.80. The third-order valence-corrected chi connectivity index (χ3v) is 4.61. The lowest BCUT2D eigenvalue weighted by molar-refractivity contribution is 0.188. The fourth-order valence-corrected chi connectivity index (χ4v) is 3.08. The fraction of sp³-hybridized carbons (Fsp3) is 0.400. The number of hydrogen-bond acceptors (Lipinski definition) is 3. The summed E-state index contributed by atoms with van der Waals surface area (Å²) in [5.41, 5.74) is 0. The van der Waals surface area contributed by atoms with Gasteiger partial charge in [0.15, 0.2) is 9.84 Å². The summed E-state index contributed by atoms with van der Waals surface area (Å²) in [6.45, 7) is 1.51. The van der Waals surface area contributed by atoms with Crippen molar-refractivity contribution in [3.63, 3.8) is 0 Å². The van der Waals surface area contributed by atoms with E-state index in [0.717, 1.165) is 0 Å². The van der Waals surface area contributed by atoms with Crippen LogP contribution in [0.15, 0.2) is 35.2 Å². The van der Waals surface area contributed by atoms with Crippen LogP contribution in [0.3, 0.4) is 0 Å². The maximum Gasteiger partial charge on any atom is 0.195 e. The van der Waals surface area contributed by atoms with Crippen LogP contribution in [0.5, 0.6) is 0 Å². The normalized spacial score (nSPS) is 15.9. The molecule has 0 spiro atoms. The molecule has 2 unspecified atom stereocenters. The molecule has 5 heteroatoms. The Morgan fingerprint density at radius 3 is 2.33 bits per heavy atom. The second kappa shape index (κ2) is 4.96. The van der Waals surface area contributed by atoms with Crippen LogP contribution in [0.2, 0.25) is 0 Å². The quantitative estimate of drug-likeness (QED) is 0.827. The van der Waals surface area contributed by atoms with Crippen LogP contribution < -0.4 is 0 Å². The van der Waals surface area contributed by atoms with E-state index in [1.807, 2.05) is 0 Å². The van der Waals surface area contributed by atoms with Crippen molar-refractivity contribution in [3.05, 3.63) is 30.3 Å². The molecule has 15 heavy (non-hydrogen) atoms. The van der Waals surface area contributed by atoms with Crippen molar-refractivity contribution < 1.29 is 13.5 Å². The number of hydrogen-bond donors (Lipinski definition) is 1. The minimum Gasteiger partial charge on any atom is -0.393 e. The summed E-state index contributed by atoms with van der Waals surface area (Å²) in [7, 11) is -3.53. The molecule has 0 fully saturated rings. The zero-order valence-corrected chi connectivity index (χ0v) is 9.87. The topological polar surface area (TPSA) is 54.4 Å². The molecule has 2 atom stereocenters. The second-order valence-corrected chi connectivity index (χ2v) is 6.27. The molecule has 1 aromatic carbocycles. The first-order chi connectivity index (χ1) is 6.94. The maximum atomic E-state index is 11.8. The fourth-order valence-electron chi connectivity index (χ4n) is 1.15. The Labute approximate surface area is 94.6 Å². The van der Waals surface area contributed by atoms with E-state index in [1.165, 1.54) is 19.1 Å². The Morgan fingerprint density at radius 2 is 1.87 bits per heavy atom. The number of halogens is 1. The zero-order valence-electron chi connectivity index (χ0n) is 8.30. The largest absolute Gasteiger partial charge is 0.393 e. The third kappa shape index (κ3) is 3.19. The molecule has 0 saturated heterocycles. The van der Waals surface area contributed by atoms with Crippen molar-refractivity contribution in [2.45, 2.75) is 29.1 Å². The molecule has 0 amide bonds. The number of alkyl halides is 1. The van der Waals surface area contributed by atoms with Crippen molar-refractivity contribution in [2.75, 3.05) is 0 Å². The van der Waals surface area contributed by atoms with Gasteiger partial charge in [0.1, 0.15) is 4.71 Å². The monoisotopic (exact) mass is 248 g/mol. The highest BCUT2D eigenvalue weighted by molar-refractivity contribution is 7.93. The van der Waals surface area contributed by atoms with E-state index < -0.39 is 20.7 Å². The summed E-state index contributed by atoms with van der Waals surface area (Å²) in [6, 6.07) is 7.99. The van der Waals surface area contributed by atoms with Gasteiger partial charge in [0, 0.05) is 6.42 Å². The molecular weight excluding hydrogens is 236 g/mol. The number of benzene rings is 1. The highest BCUT2D eigenvalue weighted by atomic mass is 35.5. The predicted molar refractivity (Wildman–Crippen MR) is 59.6 cm³/mol. The molecule has 0 aliphatic carbocycles. The molecular formula is C10H13ClO3S. The second-order valence-electron chi connectivity index (χ2n) is 3.35. The standard InChI is InChI=1S/C10H13ClO3S/c1-8(12)7-10(11)15(13,14)9-5-3-2-4-6-9/h2-6,8,10,12H,7H2,1H3. The smallest absolute Gasteiger partial charge is 0.195 e. The van der Waals surface area contributed by atoms with Crippen LogP contribution in [-0.4, -0.2) is 24.3 Å². The lowest BCUT2D eigenvalue weighted by atomic mass is 10.3. The Morgan fingerprint density at radius 1 is 1.33 bits per heavy atom. The van der Waals surface area contributed by atoms with Crippen LogP contribution in [-0.2, 0) is 9.84 Å². The molecule has 0 radical (unpaired) electrons. The van der Waals surface area contributed by atoms with Crippen molar-refractivity contribution in [1.29, 1.82) is 0 Å². The van der Waals surface area contributed by atoms with Gasteiger partial charge < -0.3 is 5.11 Å². The molecule has 0 aliphatic heterocycles. The molecule has 0 saturated carbocycles. The van der Waals surface area contributed by atoms with Crippen molar-refractivity contribution in [2.24, 2.45) is 0 Å². The Kier molecular flexibility index (Phi) is 4.13. The third-order valence-electron chi connectivity index (χ3n) is 1.93. The average Bonchev–Trinajstić information content (AvgIpc) is 2.18. The summed E-state index contributed by atoms with van der Waals surface area (Å²) >= 11 is 5.75. The van der Waals surface area contributed by atoms with E-state index >= 15 is 0 Å². The van der Waals surface area contributed by atoms with Gasteiger partial charge in [-0.05, 0) is 19.1 Å². The lowest BCUT2D eigenvalue weighted by Crippen LogP contribution is -2.20. The maximum absolute atomic E-state index is 11.8. The summed E-state index contributed by atoms with van der Waals surface area (Å²) in [6.07, 6.45) is -0.704. The summed E-state index contributed by atoms with van der Waals surface area (Å²) < 4.78 is 22.6. The van der Waals surface area contributed by atoms with Gasteiger partial charge in [-0.2, -0.15) is 0 Å². The van der Waals surface area contributed by atoms with Crippen LogP contribution in [0.4, 0.5) is 0 Å². The van der Waals surface area contributed by atoms with E-state index in [4.69, 9.17) is 16.7 Å². The Bertz CT molecular complexity index is 400. The molecule has 84 valence electrons. The van der Waals surface area contributed by atoms with Crippen molar-refractivity contribution in [3.8, 4) is 0 Å². The molecule has 0 heterocycles. The molecule has 0 bridgehead atoms. The van der Waals surface area contributed by atoms with Crippen molar-refractivity contribution in [1.82, 2.24) is 0 Å². The molecule has 0 aliphatic rings. The van der Waals surface area contributed by atoms with Crippen LogP contribution >= 0.6 is 11.6 Å². The van der Waals surface area contributed by atoms with Gasteiger partial charge in [-0.15, -0.1) is 11.6 Å². The van der Waals surface area contributed by atoms with Crippen LogP contribution in [0.1, 0.15) is 13.3 Å². The molecule has 0 aromatic heterocycles. The first-order valence-corrected chi connectivity index (χ1v) is 6.54. The zero-order chi connectivity index (χ0) is 11.5. The summed E-state index contributed by atoms with van der Waals surface area (Å²) in [5, 5.41) is 9.08. The average molecular weight is 249 g/mol. The molecule has 1 rings (SSSR count). The first-order valence-electron chi connectivity index (χ1n) is 4.55. The van der Waals surface area contributed by atoms with Gasteiger partial charge in [-0.3, -0.25) is 0 Å². The Balaban J connectivity index is 2.94. The summed E-state index contributed by atoms with van der Waals surface area (Å²) in [4.78, 5) is 0.186. The van der Waals surface area contributed by atoms with Gasteiger partial charge in [-0.1, -0.05) is 18.2 Å². The molecule has 1 N–H and O–H groups in total. The van der Waals surface area contributed by atoms with E-state index in [0.29, 0.717) is 0 Å². The van der Waals surface area contributed by atoms with Gasteiger partial charge >= 0.3 is 0 Å². The van der Waals surface area contributed by atoms with E-state index in [1.54, 1.807) is 18.2 Å². The highest BCUT2D eigenvalue weighted by Gasteiger charge is 2.26. The number of rotatable bonds is 4. The van der Waals surface area contributed by atoms with Crippen LogP contribution in [0, 0.1) is 0 Å². The van der Waals surface area contributed by atoms with Crippen LogP contribution in [0.25, 0.3) is 0 Å². The lowest BCUT2D eigenvalue weighted by Gasteiger charge is -2.12. The van der Waals surface area contributed by atoms with E-state index in [2.05, 4.69) is 0 Å². The van der Waals surface area contributed by atoms with E-state index in [-0.39, 0.29) is 11.3 Å². The SMILES string of the molecule is CC(O)CC(Cl)S(=O)(=O)c1ccccc1. The molecule has 3 nitrogen and oxygen atoms in total. The van der Waals surface area contributed by atoms with Gasteiger partial charge in [-0.25, -0.2) is 8.42 Å². The molecule has 1 aromatic rings. The number of sulfone groups is 1.